The van der Waals surface area contributed by atoms with E-state index in [0.717, 1.165) is 33.3 Å². The molecule has 0 saturated carbocycles. The van der Waals surface area contributed by atoms with Crippen LogP contribution in [-0.2, 0) is 0 Å². The van der Waals surface area contributed by atoms with Gasteiger partial charge in [-0.15, -0.1) is 0 Å². The predicted molar refractivity (Wildman–Crippen MR) is 126 cm³/mol. The van der Waals surface area contributed by atoms with E-state index in [9.17, 15) is 9.59 Å². The molecule has 0 atom stereocenters. The molecule has 3 aromatic carbocycles. The number of aromatic nitrogens is 1. The van der Waals surface area contributed by atoms with Gasteiger partial charge in [0.05, 0.1) is 11.9 Å². The monoisotopic (exact) mass is 421 g/mol. The lowest BCUT2D eigenvalue weighted by Crippen LogP contribution is -2.24. The summed E-state index contributed by atoms with van der Waals surface area (Å²) in [5.74, 6) is -0.627. The molecule has 0 radical (unpaired) electrons. The van der Waals surface area contributed by atoms with Crippen molar-refractivity contribution in [2.45, 2.75) is 6.92 Å². The number of amides is 1. The Kier molecular flexibility index (Phi) is 4.88. The number of fused-ring (bicyclic) bond motifs is 2. The van der Waals surface area contributed by atoms with Crippen molar-refractivity contribution in [3.8, 4) is 11.3 Å². The molecule has 156 valence electrons. The van der Waals surface area contributed by atoms with Crippen molar-refractivity contribution in [3.63, 3.8) is 0 Å². The van der Waals surface area contributed by atoms with Gasteiger partial charge in [0, 0.05) is 21.9 Å². The van der Waals surface area contributed by atoms with Crippen LogP contribution in [0.5, 0.6) is 0 Å². The zero-order valence-electron chi connectivity index (χ0n) is 17.3. The number of hydrogen-bond acceptors (Lipinski definition) is 4. The zero-order chi connectivity index (χ0) is 22.1. The van der Waals surface area contributed by atoms with Gasteiger partial charge < -0.3 is 9.40 Å². The molecule has 6 nitrogen and oxygen atoms in total. The largest absolute Gasteiger partial charge is 0.422 e. The van der Waals surface area contributed by atoms with E-state index < -0.39 is 11.5 Å². The number of H-pyrrole nitrogens is 1. The molecule has 5 rings (SSSR count). The zero-order valence-corrected chi connectivity index (χ0v) is 17.3. The number of nitrogens with one attached hydrogen (secondary N) is 2. The van der Waals surface area contributed by atoms with Crippen molar-refractivity contribution in [3.05, 3.63) is 106 Å². The maximum Gasteiger partial charge on any atom is 0.349 e. The molecular formula is C26H19N3O3. The molecule has 0 aliphatic rings. The van der Waals surface area contributed by atoms with Gasteiger partial charge in [-0.05, 0) is 36.8 Å². The summed E-state index contributed by atoms with van der Waals surface area (Å²) in [6, 6.07) is 24.6. The van der Waals surface area contributed by atoms with Crippen LogP contribution in [0, 0.1) is 6.92 Å². The number of hydrogen-bond donors (Lipinski definition) is 2. The van der Waals surface area contributed by atoms with Gasteiger partial charge in [0.1, 0.15) is 11.1 Å². The standard InChI is InChI=1S/C26H19N3O3/c1-16-11-12-22-19(13-16)21(24(28-22)17-7-3-2-4-8-17)15-27-29-25(30)20-14-18-9-5-6-10-23(18)32-26(20)31/h2-15,28H,1H3,(H,29,30). The van der Waals surface area contributed by atoms with Gasteiger partial charge in [-0.1, -0.05) is 60.2 Å². The first kappa shape index (κ1) is 19.5. The number of aromatic amines is 1. The molecule has 0 saturated heterocycles. The highest BCUT2D eigenvalue weighted by atomic mass is 16.4. The predicted octanol–water partition coefficient (Wildman–Crippen LogP) is 5.01. The fourth-order valence-electron chi connectivity index (χ4n) is 3.73. The van der Waals surface area contributed by atoms with Crippen LogP contribution in [0.4, 0.5) is 0 Å². The summed E-state index contributed by atoms with van der Waals surface area (Å²) in [6.45, 7) is 2.02. The summed E-state index contributed by atoms with van der Waals surface area (Å²) >= 11 is 0. The van der Waals surface area contributed by atoms with E-state index in [4.69, 9.17) is 4.42 Å². The van der Waals surface area contributed by atoms with E-state index in [-0.39, 0.29) is 5.56 Å². The molecule has 0 bridgehead atoms. The lowest BCUT2D eigenvalue weighted by Gasteiger charge is -2.02. The maximum atomic E-state index is 12.6. The van der Waals surface area contributed by atoms with E-state index in [1.54, 1.807) is 24.4 Å². The first-order valence-electron chi connectivity index (χ1n) is 10.1. The summed E-state index contributed by atoms with van der Waals surface area (Å²) in [5.41, 5.74) is 6.92. The average molecular weight is 421 g/mol. The van der Waals surface area contributed by atoms with Crippen LogP contribution >= 0.6 is 0 Å². The summed E-state index contributed by atoms with van der Waals surface area (Å²) in [6.07, 6.45) is 1.60. The highest BCUT2D eigenvalue weighted by Crippen LogP contribution is 2.29. The summed E-state index contributed by atoms with van der Waals surface area (Å²) in [5, 5.41) is 5.81. The van der Waals surface area contributed by atoms with Crippen LogP contribution in [-0.4, -0.2) is 17.1 Å². The van der Waals surface area contributed by atoms with E-state index >= 15 is 0 Å². The van der Waals surface area contributed by atoms with E-state index in [1.165, 1.54) is 6.07 Å². The second-order valence-electron chi connectivity index (χ2n) is 7.51. The Morgan fingerprint density at radius 3 is 2.62 bits per heavy atom. The third-order valence-corrected chi connectivity index (χ3v) is 5.30. The molecule has 32 heavy (non-hydrogen) atoms. The van der Waals surface area contributed by atoms with Crippen molar-refractivity contribution in [2.24, 2.45) is 5.10 Å². The van der Waals surface area contributed by atoms with Gasteiger partial charge in [0.2, 0.25) is 0 Å². The molecule has 0 spiro atoms. The second kappa shape index (κ2) is 8.00. The van der Waals surface area contributed by atoms with Gasteiger partial charge in [-0.2, -0.15) is 5.10 Å². The minimum atomic E-state index is -0.705. The van der Waals surface area contributed by atoms with Gasteiger partial charge in [-0.3, -0.25) is 4.79 Å². The SMILES string of the molecule is Cc1ccc2[nH]c(-c3ccccc3)c(C=NNC(=O)c3cc4ccccc4oc3=O)c2c1. The van der Waals surface area contributed by atoms with Crippen LogP contribution in [0.1, 0.15) is 21.5 Å². The molecule has 1 amide bonds. The first-order valence-corrected chi connectivity index (χ1v) is 10.1. The molecule has 0 aliphatic carbocycles. The highest BCUT2D eigenvalue weighted by Gasteiger charge is 2.14. The number of para-hydroxylation sites is 1. The minimum absolute atomic E-state index is 0.0982. The average Bonchev–Trinajstić information content (AvgIpc) is 3.16. The Morgan fingerprint density at radius 1 is 1.00 bits per heavy atom. The topological polar surface area (TPSA) is 87.5 Å². The molecule has 2 heterocycles. The molecule has 6 heteroatoms. The first-order chi connectivity index (χ1) is 15.6. The third-order valence-electron chi connectivity index (χ3n) is 5.30. The normalized spacial score (nSPS) is 11.4. The molecule has 0 aliphatic heterocycles. The number of carbonyl (C=O) groups is 1. The molecule has 0 unspecified atom stereocenters. The van der Waals surface area contributed by atoms with Crippen molar-refractivity contribution < 1.29 is 9.21 Å². The van der Waals surface area contributed by atoms with Crippen LogP contribution in [0.2, 0.25) is 0 Å². The maximum absolute atomic E-state index is 12.6. The van der Waals surface area contributed by atoms with Gasteiger partial charge in [0.25, 0.3) is 5.91 Å². The van der Waals surface area contributed by atoms with E-state index in [0.29, 0.717) is 11.0 Å². The van der Waals surface area contributed by atoms with Gasteiger partial charge >= 0.3 is 5.63 Å². The molecule has 2 aromatic heterocycles. The summed E-state index contributed by atoms with van der Waals surface area (Å²) in [7, 11) is 0. The highest BCUT2D eigenvalue weighted by molar-refractivity contribution is 6.06. The molecule has 0 fully saturated rings. The number of benzene rings is 3. The van der Waals surface area contributed by atoms with Crippen LogP contribution in [0.3, 0.4) is 0 Å². The number of hydrazone groups is 1. The van der Waals surface area contributed by atoms with Crippen LogP contribution < -0.4 is 11.1 Å². The number of aryl methyl sites for hydroxylation is 1. The lowest BCUT2D eigenvalue weighted by molar-refractivity contribution is 0.0951. The van der Waals surface area contributed by atoms with Crippen molar-refractivity contribution in [1.82, 2.24) is 10.4 Å². The third kappa shape index (κ3) is 3.58. The lowest BCUT2D eigenvalue weighted by atomic mass is 10.1. The Bertz CT molecular complexity index is 1550. The van der Waals surface area contributed by atoms with Crippen LogP contribution in [0.25, 0.3) is 33.1 Å². The van der Waals surface area contributed by atoms with Gasteiger partial charge in [-0.25, -0.2) is 10.2 Å². The quantitative estimate of drug-likeness (QED) is 0.243. The van der Waals surface area contributed by atoms with Crippen molar-refractivity contribution in [2.75, 3.05) is 0 Å². The van der Waals surface area contributed by atoms with Gasteiger partial charge in [0.15, 0.2) is 0 Å². The fraction of sp³-hybridized carbons (Fsp3) is 0.0385. The Labute approximate surface area is 183 Å². The minimum Gasteiger partial charge on any atom is -0.422 e. The second-order valence-corrected chi connectivity index (χ2v) is 7.51. The van der Waals surface area contributed by atoms with Crippen LogP contribution in [0.15, 0.2) is 93.2 Å². The number of nitrogens with zero attached hydrogens (tertiary/aromatic N) is 1. The smallest absolute Gasteiger partial charge is 0.349 e. The van der Waals surface area contributed by atoms with Crippen molar-refractivity contribution in [1.29, 1.82) is 0 Å². The van der Waals surface area contributed by atoms with E-state index in [1.807, 2.05) is 55.5 Å². The Hall–Kier alpha value is -4.45. The van der Waals surface area contributed by atoms with Crippen molar-refractivity contribution >= 4 is 34.0 Å². The summed E-state index contributed by atoms with van der Waals surface area (Å²) < 4.78 is 5.24. The summed E-state index contributed by atoms with van der Waals surface area (Å²) in [4.78, 5) is 28.3. The number of rotatable bonds is 4. The Balaban J connectivity index is 1.50. The number of carbonyl (C=O) groups excluding carboxylic acids is 1. The molecule has 2 N–H and O–H groups in total. The molecular weight excluding hydrogens is 402 g/mol. The molecule has 5 aromatic rings. The Morgan fingerprint density at radius 2 is 1.78 bits per heavy atom. The fourth-order valence-corrected chi connectivity index (χ4v) is 3.73. The van der Waals surface area contributed by atoms with E-state index in [2.05, 4.69) is 21.6 Å².